The van der Waals surface area contributed by atoms with Crippen molar-refractivity contribution in [3.8, 4) is 0 Å². The number of carbonyl (C=O) groups is 1. The van der Waals surface area contributed by atoms with Crippen molar-refractivity contribution in [2.75, 3.05) is 0 Å². The SMILES string of the molecule is O=CC(S(=O)(=O)O)S(=O)(=O)O. The highest BCUT2D eigenvalue weighted by Gasteiger charge is 2.34. The minimum atomic E-state index is -5.08. The molecule has 0 saturated heterocycles. The highest BCUT2D eigenvalue weighted by molar-refractivity contribution is 8.05. The zero-order valence-electron chi connectivity index (χ0n) is 4.91. The molecule has 2 N–H and O–H groups in total. The fraction of sp³-hybridized carbons (Fsp3) is 0.500. The topological polar surface area (TPSA) is 126 Å². The highest BCUT2D eigenvalue weighted by Crippen LogP contribution is 2.02. The van der Waals surface area contributed by atoms with Crippen molar-refractivity contribution in [3.63, 3.8) is 0 Å². The van der Waals surface area contributed by atoms with Gasteiger partial charge in [-0.1, -0.05) is 0 Å². The standard InChI is InChI=1S/C2H4O7S2/c3-1-2(10(4,5)6)11(7,8)9/h1-2H,(H,4,5,6)(H,7,8,9). The van der Waals surface area contributed by atoms with E-state index in [0.717, 1.165) is 0 Å². The Labute approximate surface area is 62.5 Å². The summed E-state index contributed by atoms with van der Waals surface area (Å²) in [4.78, 5) is 9.72. The summed E-state index contributed by atoms with van der Waals surface area (Å²) in [5.41, 5.74) is 0. The number of aldehydes is 1. The zero-order valence-corrected chi connectivity index (χ0v) is 6.54. The van der Waals surface area contributed by atoms with Gasteiger partial charge in [-0.25, -0.2) is 0 Å². The number of hydrogen-bond acceptors (Lipinski definition) is 5. The van der Waals surface area contributed by atoms with E-state index in [9.17, 15) is 21.6 Å². The zero-order chi connectivity index (χ0) is 9.28. The molecule has 0 spiro atoms. The van der Waals surface area contributed by atoms with Gasteiger partial charge in [-0.05, 0) is 0 Å². The van der Waals surface area contributed by atoms with Crippen molar-refractivity contribution >= 4 is 26.5 Å². The molecule has 0 aromatic rings. The molecule has 66 valence electrons. The van der Waals surface area contributed by atoms with Crippen LogP contribution in [0.15, 0.2) is 0 Å². The molecule has 0 aliphatic carbocycles. The van der Waals surface area contributed by atoms with Crippen LogP contribution in [0.25, 0.3) is 0 Å². The quantitative estimate of drug-likeness (QED) is 0.414. The molecular formula is C2H4O7S2. The van der Waals surface area contributed by atoms with E-state index in [4.69, 9.17) is 9.11 Å². The first-order valence-corrected chi connectivity index (χ1v) is 5.08. The predicted octanol–water partition coefficient (Wildman–Crippen LogP) is -1.71. The predicted molar refractivity (Wildman–Crippen MR) is 32.9 cm³/mol. The van der Waals surface area contributed by atoms with Crippen LogP contribution in [0.1, 0.15) is 0 Å². The van der Waals surface area contributed by atoms with Gasteiger partial charge in [-0.2, -0.15) is 16.8 Å². The lowest BCUT2D eigenvalue weighted by Crippen LogP contribution is -2.30. The molecule has 11 heavy (non-hydrogen) atoms. The third kappa shape index (κ3) is 2.93. The van der Waals surface area contributed by atoms with Crippen LogP contribution in [0.5, 0.6) is 0 Å². The lowest BCUT2D eigenvalue weighted by atomic mass is 10.9. The maximum atomic E-state index is 9.99. The number of hydrogen-bond donors (Lipinski definition) is 2. The average Bonchev–Trinajstić information content (AvgIpc) is 1.56. The van der Waals surface area contributed by atoms with E-state index in [1.54, 1.807) is 0 Å². The van der Waals surface area contributed by atoms with Crippen LogP contribution in [0.4, 0.5) is 0 Å². The van der Waals surface area contributed by atoms with Gasteiger partial charge < -0.3 is 4.79 Å². The Morgan fingerprint density at radius 1 is 1.00 bits per heavy atom. The van der Waals surface area contributed by atoms with Gasteiger partial charge in [-0.3, -0.25) is 9.11 Å². The van der Waals surface area contributed by atoms with E-state index < -0.39 is 31.1 Å². The Morgan fingerprint density at radius 2 is 1.27 bits per heavy atom. The van der Waals surface area contributed by atoms with Crippen LogP contribution in [0.2, 0.25) is 0 Å². The molecule has 0 bridgehead atoms. The molecule has 0 aromatic carbocycles. The second kappa shape index (κ2) is 2.85. The Hall–Kier alpha value is -0.510. The molecule has 0 fully saturated rings. The molecule has 0 atom stereocenters. The van der Waals surface area contributed by atoms with Crippen LogP contribution in [-0.4, -0.2) is 36.8 Å². The third-order valence-electron chi connectivity index (χ3n) is 0.698. The van der Waals surface area contributed by atoms with Crippen LogP contribution in [0.3, 0.4) is 0 Å². The summed E-state index contributed by atoms with van der Waals surface area (Å²) in [5, 5.41) is 0. The number of carbonyl (C=O) groups excluding carboxylic acids is 1. The molecule has 7 nitrogen and oxygen atoms in total. The fourth-order valence-corrected chi connectivity index (χ4v) is 1.80. The normalized spacial score (nSPS) is 13.4. The summed E-state index contributed by atoms with van der Waals surface area (Å²) in [7, 11) is -10.2. The van der Waals surface area contributed by atoms with Gasteiger partial charge in [0.2, 0.25) is 0 Å². The minimum Gasteiger partial charge on any atom is -0.301 e. The van der Waals surface area contributed by atoms with E-state index in [0.29, 0.717) is 0 Å². The third-order valence-corrected chi connectivity index (χ3v) is 3.55. The van der Waals surface area contributed by atoms with Crippen molar-refractivity contribution in [1.82, 2.24) is 0 Å². The molecule has 0 saturated carbocycles. The van der Waals surface area contributed by atoms with Gasteiger partial charge in [0.1, 0.15) is 0 Å². The van der Waals surface area contributed by atoms with Crippen LogP contribution in [0, 0.1) is 0 Å². The summed E-state index contributed by atoms with van der Waals surface area (Å²) in [6, 6.07) is 0. The van der Waals surface area contributed by atoms with E-state index in [1.807, 2.05) is 0 Å². The van der Waals surface area contributed by atoms with Crippen LogP contribution in [-0.2, 0) is 25.0 Å². The second-order valence-electron chi connectivity index (χ2n) is 1.53. The van der Waals surface area contributed by atoms with Gasteiger partial charge in [0.25, 0.3) is 24.8 Å². The Kier molecular flexibility index (Phi) is 2.72. The number of rotatable bonds is 3. The minimum absolute atomic E-state index is 0.593. The lowest BCUT2D eigenvalue weighted by Gasteiger charge is -2.00. The molecule has 0 aliphatic heterocycles. The maximum absolute atomic E-state index is 9.99. The maximum Gasteiger partial charge on any atom is 0.291 e. The van der Waals surface area contributed by atoms with Gasteiger partial charge in [0.15, 0.2) is 6.29 Å². The van der Waals surface area contributed by atoms with Gasteiger partial charge in [0.05, 0.1) is 0 Å². The molecule has 0 amide bonds. The smallest absolute Gasteiger partial charge is 0.291 e. The first-order valence-electron chi connectivity index (χ1n) is 2.07. The van der Waals surface area contributed by atoms with Crippen LogP contribution >= 0.6 is 0 Å². The van der Waals surface area contributed by atoms with E-state index in [-0.39, 0.29) is 0 Å². The Balaban J connectivity index is 5.21. The molecule has 0 radical (unpaired) electrons. The monoisotopic (exact) mass is 204 g/mol. The Bertz CT molecular complexity index is 301. The summed E-state index contributed by atoms with van der Waals surface area (Å²) < 4.78 is 53.2. The van der Waals surface area contributed by atoms with E-state index in [2.05, 4.69) is 0 Å². The molecule has 9 heteroatoms. The molecule has 0 rings (SSSR count). The Morgan fingerprint density at radius 3 is 1.27 bits per heavy atom. The first-order chi connectivity index (χ1) is 4.69. The second-order valence-corrected chi connectivity index (χ2v) is 4.91. The van der Waals surface area contributed by atoms with Crippen molar-refractivity contribution in [2.45, 2.75) is 4.58 Å². The molecule has 0 heterocycles. The fourth-order valence-electron chi connectivity index (χ4n) is 0.294. The van der Waals surface area contributed by atoms with Crippen molar-refractivity contribution in [2.24, 2.45) is 0 Å². The van der Waals surface area contributed by atoms with Gasteiger partial charge in [-0.15, -0.1) is 0 Å². The summed E-state index contributed by atoms with van der Waals surface area (Å²) in [5.74, 6) is 0. The average molecular weight is 204 g/mol. The summed E-state index contributed by atoms with van der Waals surface area (Å²) in [6.45, 7) is 0. The van der Waals surface area contributed by atoms with E-state index >= 15 is 0 Å². The first kappa shape index (κ1) is 10.5. The van der Waals surface area contributed by atoms with E-state index in [1.165, 1.54) is 0 Å². The van der Waals surface area contributed by atoms with Gasteiger partial charge in [0, 0.05) is 0 Å². The largest absolute Gasteiger partial charge is 0.301 e. The summed E-state index contributed by atoms with van der Waals surface area (Å²) in [6.07, 6.45) is -0.593. The lowest BCUT2D eigenvalue weighted by molar-refractivity contribution is -0.106. The molecule has 0 aromatic heterocycles. The highest BCUT2D eigenvalue weighted by atomic mass is 32.3. The van der Waals surface area contributed by atoms with Crippen LogP contribution < -0.4 is 0 Å². The van der Waals surface area contributed by atoms with Crippen molar-refractivity contribution < 1.29 is 30.7 Å². The van der Waals surface area contributed by atoms with Crippen molar-refractivity contribution in [3.05, 3.63) is 0 Å². The summed E-state index contributed by atoms with van der Waals surface area (Å²) >= 11 is 0. The molecule has 0 aliphatic rings. The molecule has 0 unspecified atom stereocenters. The molecular weight excluding hydrogens is 200 g/mol. The van der Waals surface area contributed by atoms with Gasteiger partial charge >= 0.3 is 0 Å². The van der Waals surface area contributed by atoms with Crippen molar-refractivity contribution in [1.29, 1.82) is 0 Å².